The summed E-state index contributed by atoms with van der Waals surface area (Å²) < 4.78 is 0. The van der Waals surface area contributed by atoms with Gasteiger partial charge in [0.25, 0.3) is 5.91 Å². The molecule has 4 nitrogen and oxygen atoms in total. The second-order valence-electron chi connectivity index (χ2n) is 3.87. The lowest BCUT2D eigenvalue weighted by Crippen LogP contribution is -2.24. The van der Waals surface area contributed by atoms with E-state index in [1.54, 1.807) is 37.2 Å². The maximum Gasteiger partial charge on any atom is 0.255 e. The van der Waals surface area contributed by atoms with Gasteiger partial charge in [-0.25, -0.2) is 0 Å². The molecule has 2 N–H and O–H groups in total. The van der Waals surface area contributed by atoms with E-state index in [-0.39, 0.29) is 5.91 Å². The second kappa shape index (κ2) is 4.21. The molecule has 0 radical (unpaired) electrons. The van der Waals surface area contributed by atoms with Crippen LogP contribution >= 0.6 is 0 Å². The minimum atomic E-state index is -0.0151. The van der Waals surface area contributed by atoms with Crippen molar-refractivity contribution in [2.45, 2.75) is 0 Å². The van der Waals surface area contributed by atoms with Gasteiger partial charge in [-0.2, -0.15) is 0 Å². The van der Waals surface area contributed by atoms with Crippen LogP contribution in [0, 0.1) is 0 Å². The monoisotopic (exact) mass is 207 g/mol. The molecule has 0 aromatic heterocycles. The van der Waals surface area contributed by atoms with E-state index in [9.17, 15) is 4.79 Å². The molecular formula is C11H17N3O. The number of amides is 1. The zero-order valence-electron chi connectivity index (χ0n) is 9.61. The van der Waals surface area contributed by atoms with E-state index in [0.717, 1.165) is 5.69 Å². The standard InChI is InChI=1S/C11H17N3O/c1-13(2)10-7-8(12)5-6-9(10)11(15)14(3)4/h5-7H,12H2,1-4H3. The average molecular weight is 207 g/mol. The van der Waals surface area contributed by atoms with Crippen molar-refractivity contribution >= 4 is 17.3 Å². The van der Waals surface area contributed by atoms with Crippen molar-refractivity contribution in [3.63, 3.8) is 0 Å². The number of nitrogens with two attached hydrogens (primary N) is 1. The number of carbonyl (C=O) groups excluding carboxylic acids is 1. The van der Waals surface area contributed by atoms with Crippen molar-refractivity contribution in [2.24, 2.45) is 0 Å². The van der Waals surface area contributed by atoms with Gasteiger partial charge in [0.05, 0.1) is 11.3 Å². The lowest BCUT2D eigenvalue weighted by atomic mass is 10.1. The Hall–Kier alpha value is -1.71. The summed E-state index contributed by atoms with van der Waals surface area (Å²) in [5.41, 5.74) is 7.86. The van der Waals surface area contributed by atoms with Gasteiger partial charge in [-0.3, -0.25) is 4.79 Å². The first-order valence-corrected chi connectivity index (χ1v) is 4.72. The first-order valence-electron chi connectivity index (χ1n) is 4.72. The average Bonchev–Trinajstić information content (AvgIpc) is 2.16. The van der Waals surface area contributed by atoms with Crippen LogP contribution in [-0.2, 0) is 0 Å². The van der Waals surface area contributed by atoms with Crippen molar-refractivity contribution in [1.82, 2.24) is 4.90 Å². The van der Waals surface area contributed by atoms with E-state index in [1.807, 2.05) is 19.0 Å². The number of hydrogen-bond donors (Lipinski definition) is 1. The summed E-state index contributed by atoms with van der Waals surface area (Å²) in [6, 6.07) is 5.30. The van der Waals surface area contributed by atoms with E-state index < -0.39 is 0 Å². The molecule has 0 aliphatic rings. The van der Waals surface area contributed by atoms with E-state index in [0.29, 0.717) is 11.3 Å². The number of benzene rings is 1. The highest BCUT2D eigenvalue weighted by Gasteiger charge is 2.14. The minimum Gasteiger partial charge on any atom is -0.399 e. The SMILES string of the molecule is CN(C)C(=O)c1ccc(N)cc1N(C)C. The van der Waals surface area contributed by atoms with Gasteiger partial charge >= 0.3 is 0 Å². The highest BCUT2D eigenvalue weighted by molar-refractivity contribution is 6.00. The molecule has 0 atom stereocenters. The molecule has 1 rings (SSSR count). The molecule has 0 spiro atoms. The predicted octanol–water partition coefficient (Wildman–Crippen LogP) is 1.04. The molecule has 1 amide bonds. The van der Waals surface area contributed by atoms with Crippen LogP contribution in [0.15, 0.2) is 18.2 Å². The maximum absolute atomic E-state index is 11.8. The number of nitrogens with zero attached hydrogens (tertiary/aromatic N) is 2. The third-order valence-electron chi connectivity index (χ3n) is 2.14. The van der Waals surface area contributed by atoms with Crippen molar-refractivity contribution in [2.75, 3.05) is 38.8 Å². The third-order valence-corrected chi connectivity index (χ3v) is 2.14. The number of nitrogen functional groups attached to an aromatic ring is 1. The Balaban J connectivity index is 3.23. The van der Waals surface area contributed by atoms with Crippen LogP contribution in [0.2, 0.25) is 0 Å². The summed E-state index contributed by atoms with van der Waals surface area (Å²) in [4.78, 5) is 15.3. The first-order chi connectivity index (χ1) is 6.93. The maximum atomic E-state index is 11.8. The van der Waals surface area contributed by atoms with Crippen LogP contribution in [0.4, 0.5) is 11.4 Å². The molecule has 0 saturated heterocycles. The van der Waals surface area contributed by atoms with Gasteiger partial charge in [0.2, 0.25) is 0 Å². The highest BCUT2D eigenvalue weighted by atomic mass is 16.2. The normalized spacial score (nSPS) is 9.87. The van der Waals surface area contributed by atoms with Gasteiger partial charge in [0, 0.05) is 33.9 Å². The number of carbonyl (C=O) groups is 1. The quantitative estimate of drug-likeness (QED) is 0.737. The summed E-state index contributed by atoms with van der Waals surface area (Å²) >= 11 is 0. The summed E-state index contributed by atoms with van der Waals surface area (Å²) in [7, 11) is 7.25. The van der Waals surface area contributed by atoms with Gasteiger partial charge in [0.1, 0.15) is 0 Å². The van der Waals surface area contributed by atoms with Crippen molar-refractivity contribution in [1.29, 1.82) is 0 Å². The molecule has 0 fully saturated rings. The van der Waals surface area contributed by atoms with Crippen LogP contribution in [0.3, 0.4) is 0 Å². The molecule has 0 aliphatic heterocycles. The predicted molar refractivity (Wildman–Crippen MR) is 63.2 cm³/mol. The molecule has 0 unspecified atom stereocenters. The van der Waals surface area contributed by atoms with E-state index >= 15 is 0 Å². The Bertz CT molecular complexity index is 372. The molecular weight excluding hydrogens is 190 g/mol. The second-order valence-corrected chi connectivity index (χ2v) is 3.87. The zero-order chi connectivity index (χ0) is 11.6. The number of rotatable bonds is 2. The van der Waals surface area contributed by atoms with Crippen LogP contribution in [-0.4, -0.2) is 39.0 Å². The van der Waals surface area contributed by atoms with Crippen LogP contribution in [0.1, 0.15) is 10.4 Å². The van der Waals surface area contributed by atoms with Gasteiger partial charge in [0.15, 0.2) is 0 Å². The van der Waals surface area contributed by atoms with Crippen LogP contribution in [0.25, 0.3) is 0 Å². The highest BCUT2D eigenvalue weighted by Crippen LogP contribution is 2.22. The van der Waals surface area contributed by atoms with Gasteiger partial charge in [-0.1, -0.05) is 0 Å². The third kappa shape index (κ3) is 2.40. The summed E-state index contributed by atoms with van der Waals surface area (Å²) in [5, 5.41) is 0. The lowest BCUT2D eigenvalue weighted by molar-refractivity contribution is 0.0828. The van der Waals surface area contributed by atoms with Crippen molar-refractivity contribution in [3.05, 3.63) is 23.8 Å². The van der Waals surface area contributed by atoms with Gasteiger partial charge in [-0.05, 0) is 18.2 Å². The van der Waals surface area contributed by atoms with Crippen molar-refractivity contribution in [3.8, 4) is 0 Å². The van der Waals surface area contributed by atoms with E-state index in [2.05, 4.69) is 0 Å². The fourth-order valence-corrected chi connectivity index (χ4v) is 1.34. The molecule has 1 aromatic rings. The molecule has 15 heavy (non-hydrogen) atoms. The zero-order valence-corrected chi connectivity index (χ0v) is 9.61. The topological polar surface area (TPSA) is 49.6 Å². The molecule has 0 aliphatic carbocycles. The molecule has 4 heteroatoms. The van der Waals surface area contributed by atoms with Gasteiger partial charge in [-0.15, -0.1) is 0 Å². The van der Waals surface area contributed by atoms with E-state index in [1.165, 1.54) is 0 Å². The Morgan fingerprint density at radius 2 is 1.80 bits per heavy atom. The van der Waals surface area contributed by atoms with E-state index in [4.69, 9.17) is 5.73 Å². The number of anilines is 2. The summed E-state index contributed by atoms with van der Waals surface area (Å²) in [6.45, 7) is 0. The minimum absolute atomic E-state index is 0.0151. The lowest BCUT2D eigenvalue weighted by Gasteiger charge is -2.19. The summed E-state index contributed by atoms with van der Waals surface area (Å²) in [5.74, 6) is -0.0151. The molecule has 1 aromatic carbocycles. The molecule has 82 valence electrons. The fourth-order valence-electron chi connectivity index (χ4n) is 1.34. The molecule has 0 heterocycles. The summed E-state index contributed by atoms with van der Waals surface area (Å²) in [6.07, 6.45) is 0. The first kappa shape index (κ1) is 11.4. The molecule has 0 saturated carbocycles. The largest absolute Gasteiger partial charge is 0.399 e. The van der Waals surface area contributed by atoms with Gasteiger partial charge < -0.3 is 15.5 Å². The molecule has 0 bridgehead atoms. The smallest absolute Gasteiger partial charge is 0.255 e. The Labute approximate surface area is 90.3 Å². The van der Waals surface area contributed by atoms with Crippen LogP contribution < -0.4 is 10.6 Å². The van der Waals surface area contributed by atoms with Crippen LogP contribution in [0.5, 0.6) is 0 Å². The Morgan fingerprint density at radius 3 is 2.27 bits per heavy atom. The fraction of sp³-hybridized carbons (Fsp3) is 0.364. The van der Waals surface area contributed by atoms with Crippen molar-refractivity contribution < 1.29 is 4.79 Å². The Morgan fingerprint density at radius 1 is 1.20 bits per heavy atom. The Kier molecular flexibility index (Phi) is 3.19. The number of hydrogen-bond acceptors (Lipinski definition) is 3.